The van der Waals surface area contributed by atoms with E-state index in [1.165, 1.54) is 6.42 Å². The molecule has 1 fully saturated rings. The van der Waals surface area contributed by atoms with Crippen molar-refractivity contribution in [2.24, 2.45) is 7.05 Å². The summed E-state index contributed by atoms with van der Waals surface area (Å²) >= 11 is 0. The molecule has 1 aromatic rings. The summed E-state index contributed by atoms with van der Waals surface area (Å²) in [6, 6.07) is 0.297. The Labute approximate surface area is 102 Å². The summed E-state index contributed by atoms with van der Waals surface area (Å²) in [4.78, 5) is 14.4. The van der Waals surface area contributed by atoms with E-state index in [0.29, 0.717) is 17.4 Å². The number of nitrogen functional groups attached to an aromatic ring is 1. The number of piperidine rings is 1. The van der Waals surface area contributed by atoms with E-state index in [2.05, 4.69) is 12.0 Å². The molecule has 1 atom stereocenters. The third-order valence-corrected chi connectivity index (χ3v) is 3.53. The Balaban J connectivity index is 2.30. The Kier molecular flexibility index (Phi) is 3.09. The van der Waals surface area contributed by atoms with Gasteiger partial charge >= 0.3 is 0 Å². The van der Waals surface area contributed by atoms with Crippen molar-refractivity contribution in [2.45, 2.75) is 39.2 Å². The molecule has 2 heterocycles. The number of hydrogen-bond acceptors (Lipinski definition) is 3. The van der Waals surface area contributed by atoms with Gasteiger partial charge in [0, 0.05) is 19.6 Å². The lowest BCUT2D eigenvalue weighted by Crippen LogP contribution is -2.42. The first-order valence-electron chi connectivity index (χ1n) is 6.12. The summed E-state index contributed by atoms with van der Waals surface area (Å²) in [5.74, 6) is 0.0119. The maximum atomic E-state index is 12.5. The molecule has 1 aliphatic heterocycles. The lowest BCUT2D eigenvalue weighted by atomic mass is 10.0. The van der Waals surface area contributed by atoms with Crippen LogP contribution in [-0.2, 0) is 7.05 Å². The molecule has 1 aliphatic rings. The molecule has 5 heteroatoms. The molecular formula is C12H20N4O. The highest BCUT2D eigenvalue weighted by Crippen LogP contribution is 2.23. The molecule has 0 aromatic carbocycles. The second kappa shape index (κ2) is 4.39. The van der Waals surface area contributed by atoms with E-state index in [1.54, 1.807) is 11.7 Å². The maximum Gasteiger partial charge on any atom is 0.274 e. The van der Waals surface area contributed by atoms with Crippen LogP contribution in [0.3, 0.4) is 0 Å². The number of nitrogens with zero attached hydrogens (tertiary/aromatic N) is 3. The molecule has 0 spiro atoms. The minimum atomic E-state index is 0.0119. The van der Waals surface area contributed by atoms with Crippen LogP contribution in [-0.4, -0.2) is 33.2 Å². The third-order valence-electron chi connectivity index (χ3n) is 3.53. The SMILES string of the molecule is Cc1nn(C)c(C(=O)N2CCCCC2C)c1N. The van der Waals surface area contributed by atoms with E-state index < -0.39 is 0 Å². The van der Waals surface area contributed by atoms with Gasteiger partial charge in [-0.15, -0.1) is 0 Å². The van der Waals surface area contributed by atoms with Gasteiger partial charge in [-0.05, 0) is 33.1 Å². The van der Waals surface area contributed by atoms with Crippen molar-refractivity contribution in [3.63, 3.8) is 0 Å². The van der Waals surface area contributed by atoms with Crippen LogP contribution in [0.25, 0.3) is 0 Å². The Morgan fingerprint density at radius 1 is 1.47 bits per heavy atom. The van der Waals surface area contributed by atoms with Crippen LogP contribution in [0.15, 0.2) is 0 Å². The molecule has 0 saturated carbocycles. The first kappa shape index (κ1) is 12.0. The van der Waals surface area contributed by atoms with Crippen molar-refractivity contribution in [3.8, 4) is 0 Å². The first-order chi connectivity index (χ1) is 8.02. The van der Waals surface area contributed by atoms with Gasteiger partial charge in [0.2, 0.25) is 0 Å². The van der Waals surface area contributed by atoms with Crippen LogP contribution in [0.4, 0.5) is 5.69 Å². The minimum absolute atomic E-state index is 0.0119. The number of aromatic nitrogens is 2. The molecule has 5 nitrogen and oxygen atoms in total. The fourth-order valence-electron chi connectivity index (χ4n) is 2.46. The highest BCUT2D eigenvalue weighted by molar-refractivity contribution is 5.98. The van der Waals surface area contributed by atoms with E-state index >= 15 is 0 Å². The number of hydrogen-bond donors (Lipinski definition) is 1. The minimum Gasteiger partial charge on any atom is -0.395 e. The predicted molar refractivity (Wildman–Crippen MR) is 66.7 cm³/mol. The van der Waals surface area contributed by atoms with Gasteiger partial charge in [0.25, 0.3) is 5.91 Å². The molecule has 0 bridgehead atoms. The molecule has 2 rings (SSSR count). The zero-order chi connectivity index (χ0) is 12.6. The molecule has 0 aliphatic carbocycles. The van der Waals surface area contributed by atoms with Crippen molar-refractivity contribution in [3.05, 3.63) is 11.4 Å². The average molecular weight is 236 g/mol. The summed E-state index contributed by atoms with van der Waals surface area (Å²) < 4.78 is 1.59. The number of rotatable bonds is 1. The highest BCUT2D eigenvalue weighted by atomic mass is 16.2. The monoisotopic (exact) mass is 236 g/mol. The van der Waals surface area contributed by atoms with E-state index in [4.69, 9.17) is 5.73 Å². The Morgan fingerprint density at radius 2 is 2.18 bits per heavy atom. The van der Waals surface area contributed by atoms with Gasteiger partial charge in [0.15, 0.2) is 0 Å². The second-order valence-corrected chi connectivity index (χ2v) is 4.81. The molecule has 0 radical (unpaired) electrons. The smallest absolute Gasteiger partial charge is 0.274 e. The van der Waals surface area contributed by atoms with Crippen LogP contribution >= 0.6 is 0 Å². The number of carbonyl (C=O) groups excluding carboxylic acids is 1. The van der Waals surface area contributed by atoms with Gasteiger partial charge in [-0.3, -0.25) is 9.48 Å². The standard InChI is InChI=1S/C12H20N4O/c1-8-6-4-5-7-16(8)12(17)11-10(13)9(2)14-15(11)3/h8H,4-7,13H2,1-3H3. The van der Waals surface area contributed by atoms with Crippen molar-refractivity contribution in [2.75, 3.05) is 12.3 Å². The summed E-state index contributed by atoms with van der Waals surface area (Å²) in [5.41, 5.74) is 7.68. The van der Waals surface area contributed by atoms with Crippen LogP contribution in [0.2, 0.25) is 0 Å². The van der Waals surface area contributed by atoms with Crippen LogP contribution in [0.1, 0.15) is 42.4 Å². The lowest BCUT2D eigenvalue weighted by molar-refractivity contribution is 0.0625. The Morgan fingerprint density at radius 3 is 2.71 bits per heavy atom. The highest BCUT2D eigenvalue weighted by Gasteiger charge is 2.28. The molecule has 1 unspecified atom stereocenters. The molecule has 1 aromatic heterocycles. The average Bonchev–Trinajstić information content (AvgIpc) is 2.53. The van der Waals surface area contributed by atoms with E-state index in [-0.39, 0.29) is 5.91 Å². The largest absolute Gasteiger partial charge is 0.395 e. The van der Waals surface area contributed by atoms with Gasteiger partial charge in [-0.2, -0.15) is 5.10 Å². The summed E-state index contributed by atoms with van der Waals surface area (Å²) in [5, 5.41) is 4.20. The van der Waals surface area contributed by atoms with Gasteiger partial charge in [-0.1, -0.05) is 0 Å². The topological polar surface area (TPSA) is 64.2 Å². The fraction of sp³-hybridized carbons (Fsp3) is 0.667. The molecule has 1 saturated heterocycles. The van der Waals surface area contributed by atoms with Gasteiger partial charge in [0.05, 0.1) is 11.4 Å². The Bertz CT molecular complexity index is 438. The number of likely N-dealkylation sites (tertiary alicyclic amines) is 1. The summed E-state index contributed by atoms with van der Waals surface area (Å²) in [6.07, 6.45) is 3.35. The molecule has 17 heavy (non-hydrogen) atoms. The van der Waals surface area contributed by atoms with Gasteiger partial charge in [0.1, 0.15) is 5.69 Å². The van der Waals surface area contributed by atoms with Gasteiger partial charge in [-0.25, -0.2) is 0 Å². The number of nitrogens with two attached hydrogens (primary N) is 1. The van der Waals surface area contributed by atoms with Crippen molar-refractivity contribution in [1.82, 2.24) is 14.7 Å². The number of aryl methyl sites for hydroxylation is 2. The molecule has 94 valence electrons. The summed E-state index contributed by atoms with van der Waals surface area (Å²) in [6.45, 7) is 4.74. The van der Waals surface area contributed by atoms with Crippen LogP contribution in [0.5, 0.6) is 0 Å². The van der Waals surface area contributed by atoms with E-state index in [1.807, 2.05) is 11.8 Å². The van der Waals surface area contributed by atoms with Crippen molar-refractivity contribution in [1.29, 1.82) is 0 Å². The van der Waals surface area contributed by atoms with E-state index in [0.717, 1.165) is 25.1 Å². The summed E-state index contributed by atoms with van der Waals surface area (Å²) in [7, 11) is 1.77. The lowest BCUT2D eigenvalue weighted by Gasteiger charge is -2.33. The Hall–Kier alpha value is -1.52. The first-order valence-corrected chi connectivity index (χ1v) is 6.12. The number of carbonyl (C=O) groups is 1. The van der Waals surface area contributed by atoms with Crippen LogP contribution in [0, 0.1) is 6.92 Å². The second-order valence-electron chi connectivity index (χ2n) is 4.81. The number of amides is 1. The molecular weight excluding hydrogens is 216 g/mol. The van der Waals surface area contributed by atoms with Crippen molar-refractivity contribution >= 4 is 11.6 Å². The normalized spacial score (nSPS) is 20.6. The quantitative estimate of drug-likeness (QED) is 0.800. The van der Waals surface area contributed by atoms with Crippen molar-refractivity contribution < 1.29 is 4.79 Å². The third kappa shape index (κ3) is 2.01. The van der Waals surface area contributed by atoms with Gasteiger partial charge < -0.3 is 10.6 Å². The predicted octanol–water partition coefficient (Wildman–Crippen LogP) is 1.33. The number of anilines is 1. The zero-order valence-electron chi connectivity index (χ0n) is 10.7. The fourth-order valence-corrected chi connectivity index (χ4v) is 2.46. The van der Waals surface area contributed by atoms with Crippen LogP contribution < -0.4 is 5.73 Å². The van der Waals surface area contributed by atoms with E-state index in [9.17, 15) is 4.79 Å². The molecule has 2 N–H and O–H groups in total. The molecule has 1 amide bonds. The maximum absolute atomic E-state index is 12.5. The zero-order valence-corrected chi connectivity index (χ0v) is 10.7.